The number of sulfonamides is 1. The minimum atomic E-state index is -3.91. The monoisotopic (exact) mass is 426 g/mol. The molecule has 0 saturated carbocycles. The van der Waals surface area contributed by atoms with Gasteiger partial charge in [-0.05, 0) is 43.0 Å². The third kappa shape index (κ3) is 5.32. The van der Waals surface area contributed by atoms with Gasteiger partial charge in [0.2, 0.25) is 10.0 Å². The molecule has 0 amide bonds. The summed E-state index contributed by atoms with van der Waals surface area (Å²) in [5, 5.41) is 3.34. The molecule has 1 atom stereocenters. The van der Waals surface area contributed by atoms with Crippen molar-refractivity contribution >= 4 is 32.3 Å². The number of methoxy groups -OCH3 is 1. The summed E-state index contributed by atoms with van der Waals surface area (Å²) >= 11 is 0. The SMILES string of the molecule is COc1ccc(S(C)(=O)=O)cc1S(=O)(=O)NCC1NCCCC1(C)C.Cl. The fraction of sp³-hybridized carbons (Fsp3) is 0.625. The lowest BCUT2D eigenvalue weighted by molar-refractivity contribution is 0.181. The summed E-state index contributed by atoms with van der Waals surface area (Å²) in [4.78, 5) is -0.240. The van der Waals surface area contributed by atoms with Gasteiger partial charge in [-0.1, -0.05) is 13.8 Å². The van der Waals surface area contributed by atoms with E-state index in [0.29, 0.717) is 0 Å². The van der Waals surface area contributed by atoms with E-state index < -0.39 is 19.9 Å². The second-order valence-electron chi connectivity index (χ2n) is 7.04. The van der Waals surface area contributed by atoms with Crippen LogP contribution in [0.3, 0.4) is 0 Å². The van der Waals surface area contributed by atoms with Crippen molar-refractivity contribution in [3.63, 3.8) is 0 Å². The van der Waals surface area contributed by atoms with Crippen molar-refractivity contribution in [2.75, 3.05) is 26.5 Å². The molecule has 0 radical (unpaired) electrons. The molecule has 26 heavy (non-hydrogen) atoms. The quantitative estimate of drug-likeness (QED) is 0.716. The molecule has 0 aromatic heterocycles. The van der Waals surface area contributed by atoms with E-state index in [1.165, 1.54) is 19.2 Å². The molecule has 1 fully saturated rings. The van der Waals surface area contributed by atoms with Gasteiger partial charge in [0.25, 0.3) is 0 Å². The molecule has 1 saturated heterocycles. The van der Waals surface area contributed by atoms with Crippen LogP contribution in [0.5, 0.6) is 5.75 Å². The average Bonchev–Trinajstić information content (AvgIpc) is 2.52. The van der Waals surface area contributed by atoms with E-state index in [9.17, 15) is 16.8 Å². The maximum atomic E-state index is 12.7. The first-order chi connectivity index (χ1) is 11.5. The molecule has 150 valence electrons. The smallest absolute Gasteiger partial charge is 0.244 e. The number of sulfone groups is 1. The van der Waals surface area contributed by atoms with Gasteiger partial charge in [0.05, 0.1) is 12.0 Å². The van der Waals surface area contributed by atoms with Crippen molar-refractivity contribution in [3.8, 4) is 5.75 Å². The van der Waals surface area contributed by atoms with Gasteiger partial charge in [0.1, 0.15) is 10.6 Å². The van der Waals surface area contributed by atoms with E-state index in [1.54, 1.807) is 0 Å². The Labute approximate surface area is 162 Å². The van der Waals surface area contributed by atoms with Crippen LogP contribution in [0.1, 0.15) is 26.7 Å². The summed E-state index contributed by atoms with van der Waals surface area (Å²) in [7, 11) is -6.09. The van der Waals surface area contributed by atoms with Crippen LogP contribution < -0.4 is 14.8 Å². The molecule has 0 spiro atoms. The van der Waals surface area contributed by atoms with E-state index in [-0.39, 0.29) is 45.9 Å². The average molecular weight is 427 g/mol. The van der Waals surface area contributed by atoms with Gasteiger partial charge in [0, 0.05) is 18.8 Å². The van der Waals surface area contributed by atoms with Crippen molar-refractivity contribution in [3.05, 3.63) is 18.2 Å². The van der Waals surface area contributed by atoms with Crippen molar-refractivity contribution in [2.45, 2.75) is 42.5 Å². The van der Waals surface area contributed by atoms with Crippen molar-refractivity contribution in [1.82, 2.24) is 10.0 Å². The first kappa shape index (κ1) is 23.2. The first-order valence-electron chi connectivity index (χ1n) is 8.08. The topological polar surface area (TPSA) is 102 Å². The number of benzene rings is 1. The van der Waals surface area contributed by atoms with Gasteiger partial charge in [0.15, 0.2) is 9.84 Å². The highest BCUT2D eigenvalue weighted by atomic mass is 35.5. The zero-order valence-corrected chi connectivity index (χ0v) is 17.9. The third-order valence-corrected chi connectivity index (χ3v) is 7.22. The van der Waals surface area contributed by atoms with Crippen LogP contribution in [0.2, 0.25) is 0 Å². The predicted octanol–water partition coefficient (Wildman–Crippen LogP) is 1.58. The number of hydrogen-bond donors (Lipinski definition) is 2. The normalized spacial score (nSPS) is 20.2. The van der Waals surface area contributed by atoms with Crippen molar-refractivity contribution in [1.29, 1.82) is 0 Å². The number of ether oxygens (including phenoxy) is 1. The van der Waals surface area contributed by atoms with E-state index in [4.69, 9.17) is 4.74 Å². The Balaban J connectivity index is 0.00000338. The standard InChI is InChI=1S/C16H26N2O5S2.ClH/c1-16(2)8-5-9-17-15(16)11-18-25(21,22)14-10-12(24(4,19)20)6-7-13(14)23-3;/h6-7,10,15,17-18H,5,8-9,11H2,1-4H3;1H. The van der Waals surface area contributed by atoms with Gasteiger partial charge >= 0.3 is 0 Å². The second kappa shape index (κ2) is 8.43. The lowest BCUT2D eigenvalue weighted by atomic mass is 9.78. The first-order valence-corrected chi connectivity index (χ1v) is 11.5. The molecule has 1 unspecified atom stereocenters. The molecule has 1 aliphatic rings. The van der Waals surface area contributed by atoms with Crippen LogP contribution in [0.15, 0.2) is 28.0 Å². The minimum Gasteiger partial charge on any atom is -0.495 e. The highest BCUT2D eigenvalue weighted by Crippen LogP contribution is 2.31. The number of rotatable bonds is 6. The van der Waals surface area contributed by atoms with Crippen LogP contribution in [0.25, 0.3) is 0 Å². The maximum absolute atomic E-state index is 12.7. The summed E-state index contributed by atoms with van der Waals surface area (Å²) < 4.78 is 56.6. The van der Waals surface area contributed by atoms with Crippen LogP contribution in [0, 0.1) is 5.41 Å². The Bertz CT molecular complexity index is 838. The zero-order chi connectivity index (χ0) is 18.9. The van der Waals surface area contributed by atoms with E-state index in [0.717, 1.165) is 31.7 Å². The largest absolute Gasteiger partial charge is 0.495 e. The molecule has 0 bridgehead atoms. The molecular weight excluding hydrogens is 400 g/mol. The highest BCUT2D eigenvalue weighted by molar-refractivity contribution is 7.91. The van der Waals surface area contributed by atoms with E-state index in [1.807, 2.05) is 0 Å². The maximum Gasteiger partial charge on any atom is 0.244 e. The molecular formula is C16H27ClN2O5S2. The summed E-state index contributed by atoms with van der Waals surface area (Å²) in [6, 6.07) is 3.82. The lowest BCUT2D eigenvalue weighted by Crippen LogP contribution is -2.52. The Morgan fingerprint density at radius 2 is 1.92 bits per heavy atom. The Morgan fingerprint density at radius 1 is 1.27 bits per heavy atom. The molecule has 2 rings (SSSR count). The summed E-state index contributed by atoms with van der Waals surface area (Å²) in [6.07, 6.45) is 3.10. The molecule has 1 aromatic rings. The number of nitrogens with one attached hydrogen (secondary N) is 2. The van der Waals surface area contributed by atoms with Gasteiger partial charge in [-0.3, -0.25) is 0 Å². The summed E-state index contributed by atoms with van der Waals surface area (Å²) in [6.45, 7) is 5.27. The fourth-order valence-corrected chi connectivity index (χ4v) is 4.95. The Morgan fingerprint density at radius 3 is 2.46 bits per heavy atom. The van der Waals surface area contributed by atoms with E-state index >= 15 is 0 Å². The molecule has 2 N–H and O–H groups in total. The van der Waals surface area contributed by atoms with Gasteiger partial charge in [-0.25, -0.2) is 21.6 Å². The Kier molecular flexibility index (Phi) is 7.51. The molecule has 1 aliphatic heterocycles. The third-order valence-electron chi connectivity index (χ3n) is 4.66. The minimum absolute atomic E-state index is 0. The van der Waals surface area contributed by atoms with Crippen LogP contribution >= 0.6 is 12.4 Å². The number of halogens is 1. The lowest BCUT2D eigenvalue weighted by Gasteiger charge is -2.39. The predicted molar refractivity (Wildman–Crippen MR) is 103 cm³/mol. The highest BCUT2D eigenvalue weighted by Gasteiger charge is 2.33. The Hall–Kier alpha value is -0.870. The van der Waals surface area contributed by atoms with Gasteiger partial charge in [-0.15, -0.1) is 12.4 Å². The molecule has 0 aliphatic carbocycles. The summed E-state index contributed by atoms with van der Waals surface area (Å²) in [5.41, 5.74) is -0.0283. The molecule has 10 heteroatoms. The molecule has 7 nitrogen and oxygen atoms in total. The van der Waals surface area contributed by atoms with E-state index in [2.05, 4.69) is 23.9 Å². The van der Waals surface area contributed by atoms with Crippen LogP contribution in [0.4, 0.5) is 0 Å². The zero-order valence-electron chi connectivity index (χ0n) is 15.4. The molecule has 1 heterocycles. The summed E-state index contributed by atoms with van der Waals surface area (Å²) in [5.74, 6) is 0.107. The van der Waals surface area contributed by atoms with Crippen LogP contribution in [-0.4, -0.2) is 49.3 Å². The van der Waals surface area contributed by atoms with Crippen molar-refractivity contribution < 1.29 is 21.6 Å². The second-order valence-corrected chi connectivity index (χ2v) is 10.8. The van der Waals surface area contributed by atoms with Crippen molar-refractivity contribution in [2.24, 2.45) is 5.41 Å². The van der Waals surface area contributed by atoms with Gasteiger partial charge < -0.3 is 10.1 Å². The fourth-order valence-electron chi connectivity index (χ4n) is 2.99. The number of hydrogen-bond acceptors (Lipinski definition) is 6. The van der Waals surface area contributed by atoms with Gasteiger partial charge in [-0.2, -0.15) is 0 Å². The van der Waals surface area contributed by atoms with Crippen LogP contribution in [-0.2, 0) is 19.9 Å². The number of piperidine rings is 1. The molecule has 1 aromatic carbocycles.